The maximum absolute atomic E-state index is 13.7. The molecule has 0 unspecified atom stereocenters. The summed E-state index contributed by atoms with van der Waals surface area (Å²) in [5.74, 6) is -1.52. The minimum Gasteiger partial charge on any atom is -0.323 e. The van der Waals surface area contributed by atoms with Crippen molar-refractivity contribution in [3.8, 4) is 0 Å². The summed E-state index contributed by atoms with van der Waals surface area (Å²) in [6.45, 7) is 3.42. The van der Waals surface area contributed by atoms with Crippen molar-refractivity contribution < 1.29 is 18.8 Å². The summed E-state index contributed by atoms with van der Waals surface area (Å²) in [5, 5.41) is 5.26. The fraction of sp³-hybridized carbons (Fsp3) is 0.500. The zero-order valence-electron chi connectivity index (χ0n) is 14.3. The van der Waals surface area contributed by atoms with Gasteiger partial charge in [0, 0.05) is 0 Å². The van der Waals surface area contributed by atoms with Crippen LogP contribution in [0.3, 0.4) is 0 Å². The molecule has 6 nitrogen and oxygen atoms in total. The second-order valence-corrected chi connectivity index (χ2v) is 6.87. The van der Waals surface area contributed by atoms with E-state index in [1.165, 1.54) is 25.1 Å². The Morgan fingerprint density at radius 1 is 1.36 bits per heavy atom. The molecule has 1 aliphatic heterocycles. The fourth-order valence-corrected chi connectivity index (χ4v) is 3.73. The zero-order valence-corrected chi connectivity index (χ0v) is 14.3. The molecule has 3 rings (SSSR count). The molecular formula is C18H22FN3O3. The first kappa shape index (κ1) is 17.4. The van der Waals surface area contributed by atoms with Gasteiger partial charge in [0.25, 0.3) is 5.91 Å². The summed E-state index contributed by atoms with van der Waals surface area (Å²) >= 11 is 0. The Labute approximate surface area is 145 Å². The van der Waals surface area contributed by atoms with E-state index in [2.05, 4.69) is 10.6 Å². The molecule has 25 heavy (non-hydrogen) atoms. The quantitative estimate of drug-likeness (QED) is 0.825. The smallest absolute Gasteiger partial charge is 0.323 e. The van der Waals surface area contributed by atoms with Crippen LogP contribution in [0.1, 0.15) is 39.5 Å². The second kappa shape index (κ2) is 6.46. The van der Waals surface area contributed by atoms with Crippen molar-refractivity contribution in [2.45, 2.75) is 51.1 Å². The molecule has 0 radical (unpaired) electrons. The van der Waals surface area contributed by atoms with Gasteiger partial charge in [-0.1, -0.05) is 31.9 Å². The van der Waals surface area contributed by atoms with Crippen LogP contribution in [0.25, 0.3) is 0 Å². The lowest BCUT2D eigenvalue weighted by Crippen LogP contribution is -2.54. The van der Waals surface area contributed by atoms with Crippen molar-refractivity contribution in [2.75, 3.05) is 5.32 Å². The van der Waals surface area contributed by atoms with Crippen molar-refractivity contribution >= 4 is 23.5 Å². The first-order chi connectivity index (χ1) is 11.9. The van der Waals surface area contributed by atoms with Crippen LogP contribution in [0.5, 0.6) is 0 Å². The largest absolute Gasteiger partial charge is 0.325 e. The summed E-state index contributed by atoms with van der Waals surface area (Å²) in [4.78, 5) is 38.8. The van der Waals surface area contributed by atoms with E-state index in [1.54, 1.807) is 6.07 Å². The molecule has 1 aliphatic carbocycles. The fourth-order valence-electron chi connectivity index (χ4n) is 3.73. The normalized spacial score (nSPS) is 27.3. The minimum atomic E-state index is -1.03. The molecule has 134 valence electrons. The lowest BCUT2D eigenvalue weighted by atomic mass is 9.73. The Morgan fingerprint density at radius 2 is 2.08 bits per heavy atom. The standard InChI is InChI=1S/C18H22FN3O3/c1-11-7-5-6-10-18(11)16(24)22(17(25)21-18)12(2)15(23)20-14-9-4-3-8-13(14)19/h3-4,8-9,11-12H,5-7,10H2,1-2H3,(H,20,23)(H,21,25)/t11-,12-,18+/m0/s1. The van der Waals surface area contributed by atoms with E-state index in [0.717, 1.165) is 24.2 Å². The number of amides is 4. The van der Waals surface area contributed by atoms with Crippen molar-refractivity contribution in [3.63, 3.8) is 0 Å². The number of halogens is 1. The van der Waals surface area contributed by atoms with Crippen LogP contribution in [0.4, 0.5) is 14.9 Å². The number of benzene rings is 1. The zero-order chi connectivity index (χ0) is 18.2. The van der Waals surface area contributed by atoms with E-state index in [1.807, 2.05) is 6.92 Å². The Hall–Kier alpha value is -2.44. The topological polar surface area (TPSA) is 78.5 Å². The molecule has 2 N–H and O–H groups in total. The van der Waals surface area contributed by atoms with Crippen molar-refractivity contribution in [1.29, 1.82) is 0 Å². The lowest BCUT2D eigenvalue weighted by molar-refractivity contribution is -0.138. The average Bonchev–Trinajstić information content (AvgIpc) is 2.83. The average molecular weight is 347 g/mol. The van der Waals surface area contributed by atoms with Gasteiger partial charge in [0.1, 0.15) is 17.4 Å². The third-order valence-electron chi connectivity index (χ3n) is 5.35. The summed E-state index contributed by atoms with van der Waals surface area (Å²) < 4.78 is 13.7. The third-order valence-corrected chi connectivity index (χ3v) is 5.35. The van der Waals surface area contributed by atoms with E-state index in [9.17, 15) is 18.8 Å². The minimum absolute atomic E-state index is 0.0181. The molecule has 7 heteroatoms. The Balaban J connectivity index is 1.79. The number of para-hydroxylation sites is 1. The maximum atomic E-state index is 13.7. The van der Waals surface area contributed by atoms with Crippen molar-refractivity contribution in [3.05, 3.63) is 30.1 Å². The van der Waals surface area contributed by atoms with Crippen LogP contribution in [-0.2, 0) is 9.59 Å². The van der Waals surface area contributed by atoms with E-state index in [-0.39, 0.29) is 17.5 Å². The van der Waals surface area contributed by atoms with Crippen LogP contribution in [0.15, 0.2) is 24.3 Å². The number of urea groups is 1. The van der Waals surface area contributed by atoms with E-state index >= 15 is 0 Å². The molecule has 3 atom stereocenters. The number of hydrogen-bond acceptors (Lipinski definition) is 3. The van der Waals surface area contributed by atoms with Crippen LogP contribution < -0.4 is 10.6 Å². The number of carbonyl (C=O) groups excluding carboxylic acids is 3. The van der Waals surface area contributed by atoms with Gasteiger partial charge in [0.15, 0.2) is 0 Å². The first-order valence-corrected chi connectivity index (χ1v) is 8.58. The van der Waals surface area contributed by atoms with Gasteiger partial charge in [-0.25, -0.2) is 14.1 Å². The van der Waals surface area contributed by atoms with Gasteiger partial charge in [0.05, 0.1) is 5.69 Å². The van der Waals surface area contributed by atoms with Crippen LogP contribution in [-0.4, -0.2) is 34.3 Å². The van der Waals surface area contributed by atoms with Crippen LogP contribution in [0.2, 0.25) is 0 Å². The SMILES string of the molecule is C[C@@H](C(=O)Nc1ccccc1F)N1C(=O)N[C@@]2(CCCC[C@@H]2C)C1=O. The highest BCUT2D eigenvalue weighted by molar-refractivity contribution is 6.11. The molecule has 0 bridgehead atoms. The van der Waals surface area contributed by atoms with Crippen molar-refractivity contribution in [2.24, 2.45) is 5.92 Å². The predicted octanol–water partition coefficient (Wildman–Crippen LogP) is 2.65. The number of anilines is 1. The van der Waals surface area contributed by atoms with E-state index in [0.29, 0.717) is 6.42 Å². The summed E-state index contributed by atoms with van der Waals surface area (Å²) in [7, 11) is 0. The molecule has 1 spiro atoms. The lowest BCUT2D eigenvalue weighted by Gasteiger charge is -2.37. The third kappa shape index (κ3) is 2.88. The maximum Gasteiger partial charge on any atom is 0.325 e. The molecule has 1 heterocycles. The molecule has 1 aromatic rings. The summed E-state index contributed by atoms with van der Waals surface area (Å²) in [5.41, 5.74) is -0.894. The molecule has 2 aliphatic rings. The molecule has 1 saturated carbocycles. The van der Waals surface area contributed by atoms with Gasteiger partial charge in [-0.2, -0.15) is 0 Å². The highest BCUT2D eigenvalue weighted by atomic mass is 19.1. The van der Waals surface area contributed by atoms with Gasteiger partial charge < -0.3 is 10.6 Å². The molecule has 2 fully saturated rings. The van der Waals surface area contributed by atoms with Crippen LogP contribution >= 0.6 is 0 Å². The van der Waals surface area contributed by atoms with Gasteiger partial charge in [0.2, 0.25) is 5.91 Å². The van der Waals surface area contributed by atoms with Crippen molar-refractivity contribution in [1.82, 2.24) is 10.2 Å². The summed E-state index contributed by atoms with van der Waals surface area (Å²) in [6.07, 6.45) is 3.32. The van der Waals surface area contributed by atoms with Gasteiger partial charge in [-0.05, 0) is 37.8 Å². The summed E-state index contributed by atoms with van der Waals surface area (Å²) in [6, 6.07) is 4.18. The number of hydrogen-bond donors (Lipinski definition) is 2. The molecular weight excluding hydrogens is 325 g/mol. The van der Waals surface area contributed by atoms with Gasteiger partial charge in [-0.3, -0.25) is 9.59 Å². The number of nitrogens with zero attached hydrogens (tertiary/aromatic N) is 1. The Kier molecular flexibility index (Phi) is 4.49. The van der Waals surface area contributed by atoms with Gasteiger partial charge in [-0.15, -0.1) is 0 Å². The highest BCUT2D eigenvalue weighted by Crippen LogP contribution is 2.38. The second-order valence-electron chi connectivity index (χ2n) is 6.87. The van der Waals surface area contributed by atoms with E-state index < -0.39 is 29.3 Å². The molecule has 1 saturated heterocycles. The van der Waals surface area contributed by atoms with E-state index in [4.69, 9.17) is 0 Å². The predicted molar refractivity (Wildman–Crippen MR) is 90.2 cm³/mol. The molecule has 0 aromatic heterocycles. The number of nitrogens with one attached hydrogen (secondary N) is 2. The van der Waals surface area contributed by atoms with Gasteiger partial charge >= 0.3 is 6.03 Å². The molecule has 1 aromatic carbocycles. The monoisotopic (exact) mass is 347 g/mol. The number of imide groups is 1. The first-order valence-electron chi connectivity index (χ1n) is 8.58. The Bertz CT molecular complexity index is 723. The number of carbonyl (C=O) groups is 3. The number of rotatable bonds is 3. The van der Waals surface area contributed by atoms with Crippen LogP contribution in [0, 0.1) is 11.7 Å². The Morgan fingerprint density at radius 3 is 2.76 bits per heavy atom. The molecule has 4 amide bonds. The highest BCUT2D eigenvalue weighted by Gasteiger charge is 2.56.